The Labute approximate surface area is 241 Å². The lowest BCUT2D eigenvalue weighted by atomic mass is 9.76. The number of rotatable bonds is 9. The number of hydrogen-bond donors (Lipinski definition) is 3. The van der Waals surface area contributed by atoms with Crippen LogP contribution >= 0.6 is 0 Å². The largest absolute Gasteiger partial charge is 0.492 e. The van der Waals surface area contributed by atoms with Gasteiger partial charge in [0.15, 0.2) is 0 Å². The van der Waals surface area contributed by atoms with Gasteiger partial charge in [-0.05, 0) is 41.5 Å². The maximum Gasteiger partial charge on any atom is 0.337 e. The number of aromatic nitrogens is 1. The normalized spacial score (nSPS) is 23.3. The molecule has 0 saturated carbocycles. The van der Waals surface area contributed by atoms with Crippen molar-refractivity contribution in [3.05, 3.63) is 102 Å². The number of esters is 1. The summed E-state index contributed by atoms with van der Waals surface area (Å²) in [6, 6.07) is 22.2. The summed E-state index contributed by atoms with van der Waals surface area (Å²) in [5, 5.41) is 14.8. The minimum Gasteiger partial charge on any atom is -0.492 e. The Bertz CT molecular complexity index is 1670. The number of carboxylic acids is 1. The predicted molar refractivity (Wildman–Crippen MR) is 152 cm³/mol. The van der Waals surface area contributed by atoms with Gasteiger partial charge in [0.1, 0.15) is 17.9 Å². The van der Waals surface area contributed by atoms with Crippen molar-refractivity contribution in [3.8, 4) is 5.75 Å². The maximum atomic E-state index is 14.0. The predicted octanol–water partition coefficient (Wildman–Crippen LogP) is 3.35. The Morgan fingerprint density at radius 2 is 1.67 bits per heavy atom. The highest BCUT2D eigenvalue weighted by Crippen LogP contribution is 2.50. The van der Waals surface area contributed by atoms with Crippen LogP contribution in [0.4, 0.5) is 0 Å². The lowest BCUT2D eigenvalue weighted by Crippen LogP contribution is -2.57. The lowest BCUT2D eigenvalue weighted by Gasteiger charge is -2.31. The topological polar surface area (TPSA) is 138 Å². The van der Waals surface area contributed by atoms with E-state index >= 15 is 0 Å². The molecule has 2 saturated heterocycles. The first-order valence-electron chi connectivity index (χ1n) is 13.6. The summed E-state index contributed by atoms with van der Waals surface area (Å²) in [5.41, 5.74) is 0.678. The van der Waals surface area contributed by atoms with E-state index in [2.05, 4.69) is 10.3 Å². The highest BCUT2D eigenvalue weighted by atomic mass is 16.5. The van der Waals surface area contributed by atoms with Crippen molar-refractivity contribution in [2.24, 2.45) is 11.8 Å². The van der Waals surface area contributed by atoms with Crippen LogP contribution < -0.4 is 10.1 Å². The molecule has 2 amide bonds. The van der Waals surface area contributed by atoms with Crippen LogP contribution in [0.25, 0.3) is 10.9 Å². The quantitative estimate of drug-likeness (QED) is 0.207. The molecule has 0 radical (unpaired) electrons. The number of fused-ring (bicyclic) bond motifs is 2. The van der Waals surface area contributed by atoms with E-state index in [9.17, 15) is 24.3 Å². The van der Waals surface area contributed by atoms with Gasteiger partial charge in [-0.2, -0.15) is 0 Å². The number of carbonyl (C=O) groups is 4. The Balaban J connectivity index is 1.37. The molecule has 3 N–H and O–H groups in total. The van der Waals surface area contributed by atoms with Crippen molar-refractivity contribution < 1.29 is 33.8 Å². The second-order valence-corrected chi connectivity index (χ2v) is 10.5. The molecule has 0 spiro atoms. The van der Waals surface area contributed by atoms with E-state index in [1.807, 2.05) is 42.5 Å². The average molecular weight is 568 g/mol. The number of carboxylic acid groups (broad SMARTS) is 1. The zero-order valence-corrected chi connectivity index (χ0v) is 22.8. The number of nitrogens with zero attached hydrogens (tertiary/aromatic N) is 1. The number of methoxy groups -OCH3 is 1. The molecule has 2 fully saturated rings. The third-order valence-electron chi connectivity index (χ3n) is 8.29. The Morgan fingerprint density at radius 3 is 2.38 bits per heavy atom. The second-order valence-electron chi connectivity index (χ2n) is 10.5. The number of likely N-dealkylation sites (tertiary alicyclic amines) is 1. The maximum absolute atomic E-state index is 14.0. The number of imide groups is 1. The summed E-state index contributed by atoms with van der Waals surface area (Å²) in [5.74, 6) is -4.29. The van der Waals surface area contributed by atoms with Crippen molar-refractivity contribution in [2.45, 2.75) is 18.0 Å². The number of aliphatic carboxylic acids is 1. The highest BCUT2D eigenvalue weighted by Gasteiger charge is 2.68. The number of ether oxygens (including phenoxy) is 2. The van der Waals surface area contributed by atoms with Crippen molar-refractivity contribution in [3.63, 3.8) is 0 Å². The fourth-order valence-corrected chi connectivity index (χ4v) is 6.30. The van der Waals surface area contributed by atoms with Crippen molar-refractivity contribution in [1.82, 2.24) is 15.2 Å². The van der Waals surface area contributed by atoms with Crippen LogP contribution in [-0.4, -0.2) is 64.5 Å². The number of aromatic amines is 1. The molecule has 2 aliphatic heterocycles. The fraction of sp³-hybridized carbons (Fsp3) is 0.250. The zero-order chi connectivity index (χ0) is 29.4. The molecule has 3 heterocycles. The van der Waals surface area contributed by atoms with Crippen LogP contribution in [-0.2, 0) is 25.5 Å². The van der Waals surface area contributed by atoms with Gasteiger partial charge in [-0.1, -0.05) is 48.5 Å². The number of carbonyl (C=O) groups excluding carboxylic acids is 3. The van der Waals surface area contributed by atoms with Crippen molar-refractivity contribution in [1.29, 1.82) is 0 Å². The summed E-state index contributed by atoms with van der Waals surface area (Å²) in [7, 11) is 1.28. The SMILES string of the molecule is COC(=O)c1ccc(C2NC(Cc3c[nH]c4ccccc34)(C(=O)O)C3C(=O)N(CCOc4ccccc4)C(=O)C23)cc1. The molecule has 6 rings (SSSR count). The van der Waals surface area contributed by atoms with Gasteiger partial charge in [-0.15, -0.1) is 0 Å². The molecule has 10 heteroatoms. The van der Waals surface area contributed by atoms with Crippen molar-refractivity contribution in [2.75, 3.05) is 20.3 Å². The summed E-state index contributed by atoms with van der Waals surface area (Å²) in [6.07, 6.45) is 1.72. The van der Waals surface area contributed by atoms with Gasteiger partial charge in [0, 0.05) is 29.6 Å². The molecule has 2 aliphatic rings. The minimum atomic E-state index is -1.77. The molecule has 10 nitrogen and oxygen atoms in total. The highest BCUT2D eigenvalue weighted by molar-refractivity contribution is 6.09. The van der Waals surface area contributed by atoms with Crippen LogP contribution in [0.3, 0.4) is 0 Å². The first kappa shape index (κ1) is 27.2. The number of H-pyrrole nitrogens is 1. The van der Waals surface area contributed by atoms with Crippen LogP contribution in [0.15, 0.2) is 85.1 Å². The molecule has 4 unspecified atom stereocenters. The van der Waals surface area contributed by atoms with E-state index in [-0.39, 0.29) is 19.6 Å². The van der Waals surface area contributed by atoms with Gasteiger partial charge in [-0.3, -0.25) is 24.6 Å². The third kappa shape index (κ3) is 4.50. The molecule has 0 aliphatic carbocycles. The van der Waals surface area contributed by atoms with Gasteiger partial charge >= 0.3 is 11.9 Å². The van der Waals surface area contributed by atoms with Gasteiger partial charge < -0.3 is 19.6 Å². The van der Waals surface area contributed by atoms with Gasteiger partial charge in [0.2, 0.25) is 11.8 Å². The van der Waals surface area contributed by atoms with E-state index in [0.29, 0.717) is 22.4 Å². The minimum absolute atomic E-state index is 0.0175. The number of nitrogens with one attached hydrogen (secondary N) is 2. The second kappa shape index (κ2) is 10.8. The molecular formula is C32H29N3O7. The first-order chi connectivity index (χ1) is 20.3. The third-order valence-corrected chi connectivity index (χ3v) is 8.29. The van der Waals surface area contributed by atoms with E-state index < -0.39 is 47.2 Å². The molecule has 1 aromatic heterocycles. The summed E-state index contributed by atoms with van der Waals surface area (Å²) in [4.78, 5) is 57.4. The van der Waals surface area contributed by atoms with E-state index in [1.54, 1.807) is 42.6 Å². The van der Waals surface area contributed by atoms with Crippen LogP contribution in [0.1, 0.15) is 27.5 Å². The van der Waals surface area contributed by atoms with E-state index in [4.69, 9.17) is 9.47 Å². The van der Waals surface area contributed by atoms with Crippen molar-refractivity contribution >= 4 is 34.7 Å². The number of hydrogen-bond acceptors (Lipinski definition) is 7. The monoisotopic (exact) mass is 567 g/mol. The van der Waals surface area contributed by atoms with E-state index in [0.717, 1.165) is 15.8 Å². The molecule has 214 valence electrons. The molecule has 0 bridgehead atoms. The zero-order valence-electron chi connectivity index (χ0n) is 22.8. The molecule has 3 aromatic carbocycles. The Kier molecular flexibility index (Phi) is 6.99. The average Bonchev–Trinajstić information content (AvgIpc) is 3.66. The summed E-state index contributed by atoms with van der Waals surface area (Å²) < 4.78 is 10.5. The molecule has 42 heavy (non-hydrogen) atoms. The van der Waals surface area contributed by atoms with Crippen LogP contribution in [0, 0.1) is 11.8 Å². The number of para-hydroxylation sites is 2. The summed E-state index contributed by atoms with van der Waals surface area (Å²) >= 11 is 0. The molecule has 4 aromatic rings. The number of benzene rings is 3. The molecular weight excluding hydrogens is 538 g/mol. The lowest BCUT2D eigenvalue weighted by molar-refractivity contribution is -0.151. The van der Waals surface area contributed by atoms with E-state index in [1.165, 1.54) is 7.11 Å². The Morgan fingerprint density at radius 1 is 0.952 bits per heavy atom. The number of amides is 2. The standard InChI is InChI=1S/C32H29N3O7/c1-41-30(38)20-13-11-19(12-14-20)27-25-26(29(37)35(28(25)36)15-16-42-22-7-3-2-4-8-22)32(34-27,31(39)40)17-21-18-33-24-10-6-5-9-23(21)24/h2-14,18,25-27,33-34H,15-17H2,1H3,(H,39,40). The van der Waals surface area contributed by atoms with Crippen LogP contribution in [0.2, 0.25) is 0 Å². The van der Waals surface area contributed by atoms with Gasteiger partial charge in [-0.25, -0.2) is 4.79 Å². The Hall–Kier alpha value is -4.96. The van der Waals surface area contributed by atoms with Gasteiger partial charge in [0.05, 0.1) is 31.1 Å². The molecule has 4 atom stereocenters. The van der Waals surface area contributed by atoms with Crippen LogP contribution in [0.5, 0.6) is 5.75 Å². The first-order valence-corrected chi connectivity index (χ1v) is 13.6. The van der Waals surface area contributed by atoms with Gasteiger partial charge in [0.25, 0.3) is 0 Å². The smallest absolute Gasteiger partial charge is 0.337 e. The summed E-state index contributed by atoms with van der Waals surface area (Å²) in [6.45, 7) is 0.0473. The fourth-order valence-electron chi connectivity index (χ4n) is 6.30.